The first kappa shape index (κ1) is 19.0. The van der Waals surface area contributed by atoms with Crippen LogP contribution in [0.1, 0.15) is 26.5 Å². The zero-order valence-electron chi connectivity index (χ0n) is 15.2. The van der Waals surface area contributed by atoms with E-state index in [0.29, 0.717) is 5.65 Å². The van der Waals surface area contributed by atoms with Crippen LogP contribution in [-0.2, 0) is 15.3 Å². The van der Waals surface area contributed by atoms with Gasteiger partial charge in [0.15, 0.2) is 17.2 Å². The smallest absolute Gasteiger partial charge is 0.256 e. The maximum atomic E-state index is 11.7. The molecule has 1 saturated heterocycles. The van der Waals surface area contributed by atoms with Crippen molar-refractivity contribution in [3.63, 3.8) is 0 Å². The second kappa shape index (κ2) is 6.06. The Morgan fingerprint density at radius 1 is 1.46 bits per heavy atom. The van der Waals surface area contributed by atoms with Crippen molar-refractivity contribution in [3.05, 3.63) is 12.7 Å². The highest BCUT2D eigenvalue weighted by Crippen LogP contribution is 2.35. The first-order valence-electron chi connectivity index (χ1n) is 8.73. The molecule has 5 N–H and O–H groups in total. The number of anilines is 1. The first-order valence-corrected chi connectivity index (χ1v) is 8.73. The number of carboxylic acid groups (broad SMARTS) is 1. The lowest BCUT2D eigenvalue weighted by Gasteiger charge is -2.44. The van der Waals surface area contributed by atoms with Crippen LogP contribution in [0.25, 0.3) is 11.2 Å². The third-order valence-electron chi connectivity index (χ3n) is 5.58. The van der Waals surface area contributed by atoms with Gasteiger partial charge in [-0.05, 0) is 6.92 Å². The van der Waals surface area contributed by atoms with Gasteiger partial charge in [-0.25, -0.2) is 9.55 Å². The zero-order chi connectivity index (χ0) is 20.4. The van der Waals surface area contributed by atoms with E-state index < -0.39 is 41.8 Å². The first-order chi connectivity index (χ1) is 13.1. The number of aromatic nitrogens is 4. The number of aliphatic hydroxyl groups excluding tert-OH is 3. The van der Waals surface area contributed by atoms with Crippen molar-refractivity contribution in [1.82, 2.24) is 14.5 Å². The molecule has 2 aliphatic heterocycles. The van der Waals surface area contributed by atoms with Gasteiger partial charge in [-0.15, -0.1) is 0 Å². The normalized spacial score (nSPS) is 37.6. The van der Waals surface area contributed by atoms with Crippen LogP contribution in [0.3, 0.4) is 0 Å². The van der Waals surface area contributed by atoms with Crippen LogP contribution in [0.5, 0.6) is 0 Å². The molecule has 4 rings (SSSR count). The number of nitrogens with one attached hydrogen (secondary N) is 1. The molecule has 0 aromatic carbocycles. The number of ether oxygens (including phenoxy) is 1. The van der Waals surface area contributed by atoms with Crippen molar-refractivity contribution in [2.45, 2.75) is 56.1 Å². The number of carbonyl (C=O) groups excluding carboxylic acids is 1. The quantitative estimate of drug-likeness (QED) is 0.325. The second-order valence-corrected chi connectivity index (χ2v) is 7.51. The van der Waals surface area contributed by atoms with Crippen molar-refractivity contribution in [1.29, 1.82) is 0 Å². The molecule has 12 nitrogen and oxygen atoms in total. The maximum Gasteiger partial charge on any atom is 0.256 e. The van der Waals surface area contributed by atoms with Crippen LogP contribution in [0, 0.1) is 0 Å². The predicted molar refractivity (Wildman–Crippen MR) is 88.3 cm³/mol. The lowest BCUT2D eigenvalue weighted by molar-refractivity contribution is -0.807. The minimum atomic E-state index is -2.00. The minimum Gasteiger partial charge on any atom is -0.546 e. The lowest BCUT2D eigenvalue weighted by atomic mass is 9.85. The molecule has 0 radical (unpaired) electrons. The summed E-state index contributed by atoms with van der Waals surface area (Å²) in [7, 11) is 0. The highest BCUT2D eigenvalue weighted by molar-refractivity contribution is 5.87. The molecule has 0 aliphatic carbocycles. The molecule has 6 atom stereocenters. The van der Waals surface area contributed by atoms with Gasteiger partial charge < -0.3 is 35.1 Å². The van der Waals surface area contributed by atoms with Gasteiger partial charge in [0.1, 0.15) is 18.7 Å². The maximum absolute atomic E-state index is 11.7. The summed E-state index contributed by atoms with van der Waals surface area (Å²) < 4.78 is 8.36. The van der Waals surface area contributed by atoms with E-state index in [1.165, 1.54) is 31.1 Å². The summed E-state index contributed by atoms with van der Waals surface area (Å²) in [6.07, 6.45) is -1.08. The van der Waals surface area contributed by atoms with Gasteiger partial charge in [0, 0.05) is 13.3 Å². The lowest BCUT2D eigenvalue weighted by Crippen LogP contribution is -2.77. The van der Waals surface area contributed by atoms with Crippen LogP contribution in [0.15, 0.2) is 12.7 Å². The summed E-state index contributed by atoms with van der Waals surface area (Å²) in [5.74, 6) is -1.47. The highest BCUT2D eigenvalue weighted by Gasteiger charge is 2.56. The molecule has 0 spiro atoms. The summed E-state index contributed by atoms with van der Waals surface area (Å²) in [4.78, 5) is 20.2. The van der Waals surface area contributed by atoms with E-state index in [1.54, 1.807) is 4.57 Å². The number of fused-ring (bicyclic) bond motifs is 3. The van der Waals surface area contributed by atoms with E-state index in [1.807, 2.05) is 0 Å². The Morgan fingerprint density at radius 2 is 2.18 bits per heavy atom. The topological polar surface area (TPSA) is 177 Å². The third-order valence-corrected chi connectivity index (χ3v) is 5.58. The summed E-state index contributed by atoms with van der Waals surface area (Å²) in [6, 6.07) is 0. The molecule has 4 heterocycles. The van der Waals surface area contributed by atoms with Crippen molar-refractivity contribution >= 4 is 23.0 Å². The summed E-state index contributed by atoms with van der Waals surface area (Å²) >= 11 is 0. The standard InChI is InChI=1S/C16H21N5O7/c1-15(14(25)26)13(24)16(2,27)21-6-18-11-10(12(21)19-15)17-5-20(11)9-3-7(23)8(4-22)28-9/h5-9,13,22-24,27H,3-4H2,1-2H3,(H,25,26)/t7-,8+,9+,13+,15-,16+/m0/s1. The molecular formula is C16H21N5O7. The Kier molecular flexibility index (Phi) is 4.10. The van der Waals surface area contributed by atoms with E-state index in [2.05, 4.69) is 15.3 Å². The molecule has 2 aromatic rings. The predicted octanol–water partition coefficient (Wildman–Crippen LogP) is -3.68. The average Bonchev–Trinajstić information content (AvgIpc) is 3.23. The molecule has 0 unspecified atom stereocenters. The monoisotopic (exact) mass is 395 g/mol. The third kappa shape index (κ3) is 2.42. The molecular weight excluding hydrogens is 374 g/mol. The number of aliphatic hydroxyl groups is 4. The Labute approximate surface area is 158 Å². The van der Waals surface area contributed by atoms with Gasteiger partial charge in [-0.1, -0.05) is 4.98 Å². The fraction of sp³-hybridized carbons (Fsp3) is 0.625. The van der Waals surface area contributed by atoms with Crippen LogP contribution >= 0.6 is 0 Å². The molecule has 152 valence electrons. The summed E-state index contributed by atoms with van der Waals surface area (Å²) in [6.45, 7) is 2.13. The number of hydrogen-bond acceptors (Lipinski definition) is 10. The number of carbonyl (C=O) groups is 1. The molecule has 0 saturated carbocycles. The van der Waals surface area contributed by atoms with Gasteiger partial charge in [0.2, 0.25) is 17.7 Å². The van der Waals surface area contributed by atoms with Gasteiger partial charge in [0.25, 0.3) is 5.82 Å². The van der Waals surface area contributed by atoms with Gasteiger partial charge in [0.05, 0.1) is 18.7 Å². The van der Waals surface area contributed by atoms with Crippen molar-refractivity contribution in [2.75, 3.05) is 11.9 Å². The number of aliphatic carboxylic acids is 1. The zero-order valence-corrected chi connectivity index (χ0v) is 15.2. The SMILES string of the molecule is C[C@]1(C(=O)[O-])Nc2c3ncn([C@H]4C[C@H](O)[C@@H](CO)O4)c3nc[n+]2[C@](C)(O)[C@@H]1O. The minimum absolute atomic E-state index is 0.128. The van der Waals surface area contributed by atoms with Crippen LogP contribution in [0.4, 0.5) is 5.82 Å². The fourth-order valence-corrected chi connectivity index (χ4v) is 3.81. The number of imidazole rings is 1. The van der Waals surface area contributed by atoms with Gasteiger partial charge >= 0.3 is 0 Å². The Hall–Kier alpha value is -2.38. The van der Waals surface area contributed by atoms with Crippen LogP contribution < -0.4 is 15.0 Å². The Balaban J connectivity index is 1.84. The number of rotatable bonds is 3. The number of nitrogens with zero attached hydrogens (tertiary/aromatic N) is 4. The van der Waals surface area contributed by atoms with Crippen molar-refractivity contribution < 1.29 is 39.6 Å². The number of carboxylic acids is 1. The van der Waals surface area contributed by atoms with E-state index in [-0.39, 0.29) is 24.4 Å². The molecule has 1 fully saturated rings. The van der Waals surface area contributed by atoms with E-state index in [4.69, 9.17) is 4.74 Å². The summed E-state index contributed by atoms with van der Waals surface area (Å²) in [5, 5.41) is 54.8. The Morgan fingerprint density at radius 3 is 2.79 bits per heavy atom. The second-order valence-electron chi connectivity index (χ2n) is 7.51. The molecule has 0 amide bonds. The summed E-state index contributed by atoms with van der Waals surface area (Å²) in [5.41, 5.74) is -3.44. The molecule has 0 bridgehead atoms. The largest absolute Gasteiger partial charge is 0.546 e. The van der Waals surface area contributed by atoms with Gasteiger partial charge in [-0.3, -0.25) is 9.88 Å². The molecule has 28 heavy (non-hydrogen) atoms. The Bertz CT molecular complexity index is 947. The fourth-order valence-electron chi connectivity index (χ4n) is 3.81. The van der Waals surface area contributed by atoms with Crippen molar-refractivity contribution in [3.8, 4) is 0 Å². The van der Waals surface area contributed by atoms with Crippen LogP contribution in [0.2, 0.25) is 0 Å². The average molecular weight is 395 g/mol. The van der Waals surface area contributed by atoms with Crippen LogP contribution in [-0.4, -0.2) is 71.4 Å². The van der Waals surface area contributed by atoms with Gasteiger partial charge in [-0.2, -0.15) is 0 Å². The van der Waals surface area contributed by atoms with E-state index >= 15 is 0 Å². The highest BCUT2D eigenvalue weighted by atomic mass is 16.5. The molecule has 12 heteroatoms. The molecule has 2 aliphatic rings. The number of hydrogen-bond donors (Lipinski definition) is 5. The van der Waals surface area contributed by atoms with Crippen molar-refractivity contribution in [2.24, 2.45) is 0 Å². The molecule has 2 aromatic heterocycles. The van der Waals surface area contributed by atoms with E-state index in [9.17, 15) is 30.3 Å². The van der Waals surface area contributed by atoms with E-state index in [0.717, 1.165) is 0 Å².